The highest BCUT2D eigenvalue weighted by Gasteiger charge is 2.16. The molecule has 1 atom stereocenters. The van der Waals surface area contributed by atoms with Crippen LogP contribution in [0, 0.1) is 5.82 Å². The number of benzene rings is 1. The first-order valence-electron chi connectivity index (χ1n) is 7.82. The lowest BCUT2D eigenvalue weighted by atomic mass is 10.1. The maximum atomic E-state index is 12.9. The summed E-state index contributed by atoms with van der Waals surface area (Å²) in [7, 11) is 0. The molecule has 1 aliphatic heterocycles. The van der Waals surface area contributed by atoms with Crippen molar-refractivity contribution in [3.05, 3.63) is 52.8 Å². The fraction of sp³-hybridized carbons (Fsp3) is 0.353. The number of amides is 1. The van der Waals surface area contributed by atoms with Crippen molar-refractivity contribution in [3.8, 4) is 11.3 Å². The van der Waals surface area contributed by atoms with E-state index < -0.39 is 0 Å². The van der Waals surface area contributed by atoms with Crippen molar-refractivity contribution < 1.29 is 13.9 Å². The Balaban J connectivity index is 1.63. The molecular weight excluding hydrogens is 313 g/mol. The summed E-state index contributed by atoms with van der Waals surface area (Å²) in [6, 6.07) is 7.05. The Hall–Kier alpha value is -2.54. The van der Waals surface area contributed by atoms with Crippen molar-refractivity contribution in [3.63, 3.8) is 0 Å². The minimum Gasteiger partial charge on any atom is -0.376 e. The van der Waals surface area contributed by atoms with Gasteiger partial charge in [0.05, 0.1) is 18.1 Å². The molecule has 6 nitrogen and oxygen atoms in total. The monoisotopic (exact) mass is 331 g/mol. The van der Waals surface area contributed by atoms with Crippen LogP contribution in [0.5, 0.6) is 0 Å². The van der Waals surface area contributed by atoms with Crippen LogP contribution >= 0.6 is 0 Å². The predicted octanol–water partition coefficient (Wildman–Crippen LogP) is 1.34. The Morgan fingerprint density at radius 1 is 1.38 bits per heavy atom. The van der Waals surface area contributed by atoms with Crippen LogP contribution in [0.1, 0.15) is 12.8 Å². The van der Waals surface area contributed by atoms with Gasteiger partial charge in [0.15, 0.2) is 0 Å². The van der Waals surface area contributed by atoms with E-state index in [2.05, 4.69) is 10.3 Å². The normalized spacial score (nSPS) is 17.0. The highest BCUT2D eigenvalue weighted by molar-refractivity contribution is 5.75. The van der Waals surface area contributed by atoms with E-state index in [0.717, 1.165) is 19.4 Å². The van der Waals surface area contributed by atoms with Crippen LogP contribution in [0.3, 0.4) is 0 Å². The Morgan fingerprint density at radius 3 is 2.83 bits per heavy atom. The quantitative estimate of drug-likeness (QED) is 0.897. The third-order valence-electron chi connectivity index (χ3n) is 3.88. The lowest BCUT2D eigenvalue weighted by molar-refractivity contribution is -0.122. The summed E-state index contributed by atoms with van der Waals surface area (Å²) in [5.74, 6) is -0.612. The Kier molecular flexibility index (Phi) is 5.00. The molecule has 0 radical (unpaired) electrons. The minimum atomic E-state index is -0.352. The molecule has 24 heavy (non-hydrogen) atoms. The molecule has 2 aromatic rings. The van der Waals surface area contributed by atoms with Crippen molar-refractivity contribution in [1.82, 2.24) is 14.9 Å². The molecule has 0 saturated carbocycles. The van der Waals surface area contributed by atoms with Crippen LogP contribution in [-0.2, 0) is 16.1 Å². The molecule has 3 rings (SSSR count). The first-order valence-corrected chi connectivity index (χ1v) is 7.82. The van der Waals surface area contributed by atoms with E-state index in [-0.39, 0.29) is 29.9 Å². The molecule has 0 spiro atoms. The van der Waals surface area contributed by atoms with Gasteiger partial charge in [-0.15, -0.1) is 0 Å². The predicted molar refractivity (Wildman–Crippen MR) is 85.9 cm³/mol. The second-order valence-corrected chi connectivity index (χ2v) is 5.69. The molecule has 1 aliphatic rings. The zero-order valence-electron chi connectivity index (χ0n) is 13.1. The number of ether oxygens (including phenoxy) is 1. The van der Waals surface area contributed by atoms with E-state index in [1.54, 1.807) is 12.1 Å². The van der Waals surface area contributed by atoms with Gasteiger partial charge in [-0.05, 0) is 37.1 Å². The number of nitrogens with one attached hydrogen (secondary N) is 1. The van der Waals surface area contributed by atoms with E-state index >= 15 is 0 Å². The number of aromatic nitrogens is 2. The van der Waals surface area contributed by atoms with Gasteiger partial charge in [-0.25, -0.2) is 9.37 Å². The summed E-state index contributed by atoms with van der Waals surface area (Å²) >= 11 is 0. The second-order valence-electron chi connectivity index (χ2n) is 5.69. The number of halogens is 1. The third-order valence-corrected chi connectivity index (χ3v) is 3.88. The molecule has 7 heteroatoms. The van der Waals surface area contributed by atoms with Crippen LogP contribution in [0.15, 0.2) is 41.5 Å². The third kappa shape index (κ3) is 4.05. The van der Waals surface area contributed by atoms with Crippen molar-refractivity contribution in [2.75, 3.05) is 13.2 Å². The number of hydrogen-bond donors (Lipinski definition) is 1. The lowest BCUT2D eigenvalue weighted by Crippen LogP contribution is -2.36. The van der Waals surface area contributed by atoms with Crippen molar-refractivity contribution in [1.29, 1.82) is 0 Å². The molecule has 1 aromatic carbocycles. The zero-order chi connectivity index (χ0) is 16.9. The molecule has 0 bridgehead atoms. The molecule has 0 aliphatic carbocycles. The SMILES string of the molecule is O=C(Cn1cnc(-c2ccc(F)cc2)cc1=O)NC[C@@H]1CCCO1. The smallest absolute Gasteiger partial charge is 0.254 e. The van der Waals surface area contributed by atoms with Crippen molar-refractivity contribution >= 4 is 5.91 Å². The Bertz CT molecular complexity index is 767. The molecule has 1 fully saturated rings. The van der Waals surface area contributed by atoms with Crippen LogP contribution in [-0.4, -0.2) is 34.7 Å². The topological polar surface area (TPSA) is 73.2 Å². The molecule has 2 heterocycles. The summed E-state index contributed by atoms with van der Waals surface area (Å²) in [6.07, 6.45) is 3.33. The fourth-order valence-electron chi connectivity index (χ4n) is 2.57. The molecule has 1 aromatic heterocycles. The average molecular weight is 331 g/mol. The van der Waals surface area contributed by atoms with Crippen LogP contribution in [0.25, 0.3) is 11.3 Å². The minimum absolute atomic E-state index is 0.0599. The second kappa shape index (κ2) is 7.35. The highest BCUT2D eigenvalue weighted by Crippen LogP contribution is 2.15. The van der Waals surface area contributed by atoms with Gasteiger partial charge in [-0.2, -0.15) is 0 Å². The summed E-state index contributed by atoms with van der Waals surface area (Å²) in [4.78, 5) is 28.2. The molecule has 1 N–H and O–H groups in total. The van der Waals surface area contributed by atoms with E-state index in [1.807, 2.05) is 0 Å². The number of carbonyl (C=O) groups is 1. The van der Waals surface area contributed by atoms with E-state index in [0.29, 0.717) is 17.8 Å². The lowest BCUT2D eigenvalue weighted by Gasteiger charge is -2.11. The summed E-state index contributed by atoms with van der Waals surface area (Å²) in [6.45, 7) is 1.09. The number of carbonyl (C=O) groups excluding carboxylic acids is 1. The molecule has 1 saturated heterocycles. The highest BCUT2D eigenvalue weighted by atomic mass is 19.1. The molecule has 126 valence electrons. The van der Waals surface area contributed by atoms with Crippen molar-refractivity contribution in [2.24, 2.45) is 0 Å². The Labute approximate surface area is 138 Å². The zero-order valence-corrected chi connectivity index (χ0v) is 13.1. The van der Waals surface area contributed by atoms with Gasteiger partial charge in [0.1, 0.15) is 12.4 Å². The Morgan fingerprint density at radius 2 is 2.17 bits per heavy atom. The van der Waals surface area contributed by atoms with Gasteiger partial charge in [-0.1, -0.05) is 0 Å². The summed E-state index contributed by atoms with van der Waals surface area (Å²) in [5.41, 5.74) is 0.746. The van der Waals surface area contributed by atoms with Gasteiger partial charge in [-0.3, -0.25) is 14.2 Å². The van der Waals surface area contributed by atoms with Crippen LogP contribution in [0.2, 0.25) is 0 Å². The first kappa shape index (κ1) is 16.3. The number of hydrogen-bond acceptors (Lipinski definition) is 4. The molecule has 1 amide bonds. The molecule has 0 unspecified atom stereocenters. The summed E-state index contributed by atoms with van der Waals surface area (Å²) < 4.78 is 19.6. The number of nitrogens with zero attached hydrogens (tertiary/aromatic N) is 2. The maximum absolute atomic E-state index is 12.9. The largest absolute Gasteiger partial charge is 0.376 e. The van der Waals surface area contributed by atoms with Crippen LogP contribution < -0.4 is 10.9 Å². The van der Waals surface area contributed by atoms with Crippen LogP contribution in [0.4, 0.5) is 4.39 Å². The van der Waals surface area contributed by atoms with Gasteiger partial charge < -0.3 is 10.1 Å². The van der Waals surface area contributed by atoms with E-state index in [1.165, 1.54) is 29.1 Å². The summed E-state index contributed by atoms with van der Waals surface area (Å²) in [5, 5.41) is 2.76. The average Bonchev–Trinajstić information content (AvgIpc) is 3.09. The van der Waals surface area contributed by atoms with Gasteiger partial charge in [0.2, 0.25) is 5.91 Å². The van der Waals surface area contributed by atoms with Gasteiger partial charge in [0.25, 0.3) is 5.56 Å². The maximum Gasteiger partial charge on any atom is 0.254 e. The van der Waals surface area contributed by atoms with E-state index in [4.69, 9.17) is 4.74 Å². The fourth-order valence-corrected chi connectivity index (χ4v) is 2.57. The standard InChI is InChI=1S/C17H18FN3O3/c18-13-5-3-12(4-6-13)15-8-17(23)21(11-20-15)10-16(22)19-9-14-2-1-7-24-14/h3-6,8,11,14H,1-2,7,9-10H2,(H,19,22)/t14-/m0/s1. The first-order chi connectivity index (χ1) is 11.6. The van der Waals surface area contributed by atoms with Gasteiger partial charge >= 0.3 is 0 Å². The number of rotatable bonds is 5. The van der Waals surface area contributed by atoms with Gasteiger partial charge in [0, 0.05) is 24.8 Å². The van der Waals surface area contributed by atoms with Crippen molar-refractivity contribution in [2.45, 2.75) is 25.5 Å². The molecular formula is C17H18FN3O3. The van der Waals surface area contributed by atoms with E-state index in [9.17, 15) is 14.0 Å².